The van der Waals surface area contributed by atoms with Crippen molar-refractivity contribution >= 4 is 17.7 Å². The van der Waals surface area contributed by atoms with Crippen LogP contribution in [0.1, 0.15) is 16.1 Å². The second-order valence-electron chi connectivity index (χ2n) is 4.11. The number of aromatic nitrogens is 1. The van der Waals surface area contributed by atoms with Crippen LogP contribution in [0.25, 0.3) is 0 Å². The minimum atomic E-state index is -1.28. The quantitative estimate of drug-likeness (QED) is 0.872. The molecule has 2 aromatic rings. The number of carbonyl (C=O) groups excluding carboxylic acids is 1. The van der Waals surface area contributed by atoms with Gasteiger partial charge in [-0.2, -0.15) is 0 Å². The van der Waals surface area contributed by atoms with Gasteiger partial charge in [-0.1, -0.05) is 5.16 Å². The number of halogens is 1. The van der Waals surface area contributed by atoms with Crippen molar-refractivity contribution in [3.05, 3.63) is 41.4 Å². The predicted molar refractivity (Wildman–Crippen MR) is 68.7 cm³/mol. The molecule has 1 aromatic carbocycles. The van der Waals surface area contributed by atoms with Crippen LogP contribution in [0.15, 0.2) is 28.8 Å². The number of nitrogens with one attached hydrogen (secondary N) is 1. The van der Waals surface area contributed by atoms with Crippen LogP contribution in [-0.2, 0) is 4.79 Å². The molecule has 0 saturated carbocycles. The fourth-order valence-electron chi connectivity index (χ4n) is 1.54. The van der Waals surface area contributed by atoms with E-state index in [0.29, 0.717) is 5.76 Å². The first-order chi connectivity index (χ1) is 9.95. The molecule has 0 aliphatic heterocycles. The maximum Gasteiger partial charge on any atom is 0.339 e. The molecule has 2 rings (SSSR count). The molecule has 110 valence electrons. The summed E-state index contributed by atoms with van der Waals surface area (Å²) in [7, 11) is 0. The molecule has 2 N–H and O–H groups in total. The summed E-state index contributed by atoms with van der Waals surface area (Å²) >= 11 is 0. The van der Waals surface area contributed by atoms with E-state index in [2.05, 4.69) is 10.5 Å². The van der Waals surface area contributed by atoms with E-state index < -0.39 is 24.3 Å². The zero-order valence-corrected chi connectivity index (χ0v) is 10.9. The number of rotatable bonds is 5. The molecule has 1 amide bonds. The van der Waals surface area contributed by atoms with E-state index in [4.69, 9.17) is 14.4 Å². The first kappa shape index (κ1) is 14.5. The Morgan fingerprint density at radius 1 is 1.43 bits per heavy atom. The van der Waals surface area contributed by atoms with E-state index in [-0.39, 0.29) is 17.1 Å². The molecule has 0 radical (unpaired) electrons. The van der Waals surface area contributed by atoms with Crippen molar-refractivity contribution in [2.75, 3.05) is 11.9 Å². The van der Waals surface area contributed by atoms with Gasteiger partial charge in [0.05, 0.1) is 0 Å². The van der Waals surface area contributed by atoms with Gasteiger partial charge < -0.3 is 19.7 Å². The molecule has 0 aliphatic carbocycles. The van der Waals surface area contributed by atoms with Gasteiger partial charge >= 0.3 is 5.97 Å². The number of carboxylic acids is 1. The van der Waals surface area contributed by atoms with Crippen molar-refractivity contribution < 1.29 is 28.3 Å². The van der Waals surface area contributed by atoms with Crippen LogP contribution in [0.2, 0.25) is 0 Å². The summed E-state index contributed by atoms with van der Waals surface area (Å²) in [5.74, 6) is -2.03. The van der Waals surface area contributed by atoms with Gasteiger partial charge in [-0.25, -0.2) is 9.18 Å². The highest BCUT2D eigenvalue weighted by Gasteiger charge is 2.14. The van der Waals surface area contributed by atoms with Gasteiger partial charge in [-0.3, -0.25) is 4.79 Å². The van der Waals surface area contributed by atoms with Crippen LogP contribution < -0.4 is 10.1 Å². The van der Waals surface area contributed by atoms with Crippen molar-refractivity contribution in [3.63, 3.8) is 0 Å². The van der Waals surface area contributed by atoms with E-state index in [1.54, 1.807) is 6.92 Å². The summed E-state index contributed by atoms with van der Waals surface area (Å²) in [4.78, 5) is 22.5. The van der Waals surface area contributed by atoms with Crippen molar-refractivity contribution in [1.29, 1.82) is 0 Å². The topological polar surface area (TPSA) is 102 Å². The average Bonchev–Trinajstić information content (AvgIpc) is 2.81. The number of aromatic carboxylic acids is 1. The molecule has 0 atom stereocenters. The lowest BCUT2D eigenvalue weighted by atomic mass is 10.2. The molecule has 1 aromatic heterocycles. The van der Waals surface area contributed by atoms with Crippen molar-refractivity contribution in [2.24, 2.45) is 0 Å². The third-order valence-electron chi connectivity index (χ3n) is 2.43. The average molecular weight is 294 g/mol. The Morgan fingerprint density at radius 2 is 2.19 bits per heavy atom. The van der Waals surface area contributed by atoms with Crippen LogP contribution in [-0.4, -0.2) is 28.7 Å². The second kappa shape index (κ2) is 6.04. The summed E-state index contributed by atoms with van der Waals surface area (Å²) in [6.45, 7) is 1.17. The number of ether oxygens (including phenoxy) is 1. The summed E-state index contributed by atoms with van der Waals surface area (Å²) in [6, 6.07) is 4.46. The lowest BCUT2D eigenvalue weighted by Gasteiger charge is -2.08. The molecular weight excluding hydrogens is 283 g/mol. The molecule has 21 heavy (non-hydrogen) atoms. The number of carboxylic acid groups (broad SMARTS) is 1. The SMILES string of the molecule is Cc1cc(NC(=O)COc2cc(F)ccc2C(=O)O)no1. The van der Waals surface area contributed by atoms with Gasteiger partial charge in [0, 0.05) is 12.1 Å². The third kappa shape index (κ3) is 3.78. The highest BCUT2D eigenvalue weighted by atomic mass is 19.1. The van der Waals surface area contributed by atoms with Crippen LogP contribution >= 0.6 is 0 Å². The number of amides is 1. The van der Waals surface area contributed by atoms with Crippen LogP contribution in [0.4, 0.5) is 10.2 Å². The number of hydrogen-bond acceptors (Lipinski definition) is 5. The van der Waals surface area contributed by atoms with Gasteiger partial charge in [0.2, 0.25) is 0 Å². The second-order valence-corrected chi connectivity index (χ2v) is 4.11. The van der Waals surface area contributed by atoms with Gasteiger partial charge in [0.15, 0.2) is 12.4 Å². The van der Waals surface area contributed by atoms with Crippen molar-refractivity contribution in [2.45, 2.75) is 6.92 Å². The molecule has 0 fully saturated rings. The number of hydrogen-bond donors (Lipinski definition) is 2. The van der Waals surface area contributed by atoms with E-state index in [0.717, 1.165) is 18.2 Å². The standard InChI is InChI=1S/C13H11FN2O5/c1-7-4-11(16-21-7)15-12(17)6-20-10-5-8(14)2-3-9(10)13(18)19/h2-5H,6H2,1H3,(H,18,19)(H,15,16,17). The Bertz CT molecular complexity index is 683. The predicted octanol–water partition coefficient (Wildman–Crippen LogP) is 1.84. The summed E-state index contributed by atoms with van der Waals surface area (Å²) in [5.41, 5.74) is -0.235. The summed E-state index contributed by atoms with van der Waals surface area (Å²) < 4.78 is 22.9. The highest BCUT2D eigenvalue weighted by molar-refractivity contribution is 5.92. The van der Waals surface area contributed by atoms with E-state index >= 15 is 0 Å². The van der Waals surface area contributed by atoms with Crippen molar-refractivity contribution in [3.8, 4) is 5.75 Å². The van der Waals surface area contributed by atoms with Gasteiger partial charge in [-0.15, -0.1) is 0 Å². The number of aryl methyl sites for hydroxylation is 1. The fourth-order valence-corrected chi connectivity index (χ4v) is 1.54. The van der Waals surface area contributed by atoms with Crippen LogP contribution in [0.5, 0.6) is 5.75 Å². The maximum atomic E-state index is 13.1. The molecule has 7 nitrogen and oxygen atoms in total. The van der Waals surface area contributed by atoms with Crippen LogP contribution in [0, 0.1) is 12.7 Å². The Morgan fingerprint density at radius 3 is 2.81 bits per heavy atom. The minimum Gasteiger partial charge on any atom is -0.483 e. The number of nitrogens with zero attached hydrogens (tertiary/aromatic N) is 1. The van der Waals surface area contributed by atoms with Crippen molar-refractivity contribution in [1.82, 2.24) is 5.16 Å². The molecule has 0 bridgehead atoms. The smallest absolute Gasteiger partial charge is 0.339 e. The van der Waals surface area contributed by atoms with Gasteiger partial charge in [0.25, 0.3) is 5.91 Å². The lowest BCUT2D eigenvalue weighted by molar-refractivity contribution is -0.118. The Hall–Kier alpha value is -2.90. The Balaban J connectivity index is 2.00. The fraction of sp³-hybridized carbons (Fsp3) is 0.154. The molecule has 8 heteroatoms. The molecule has 0 aliphatic rings. The largest absolute Gasteiger partial charge is 0.483 e. The highest BCUT2D eigenvalue weighted by Crippen LogP contribution is 2.20. The molecular formula is C13H11FN2O5. The third-order valence-corrected chi connectivity index (χ3v) is 2.43. The maximum absolute atomic E-state index is 13.1. The first-order valence-corrected chi connectivity index (χ1v) is 5.84. The molecule has 0 saturated heterocycles. The van der Waals surface area contributed by atoms with E-state index in [9.17, 15) is 14.0 Å². The van der Waals surface area contributed by atoms with Crippen LogP contribution in [0.3, 0.4) is 0 Å². The molecule has 1 heterocycles. The first-order valence-electron chi connectivity index (χ1n) is 5.84. The molecule has 0 spiro atoms. The number of carbonyl (C=O) groups is 2. The monoisotopic (exact) mass is 294 g/mol. The van der Waals surface area contributed by atoms with Gasteiger partial charge in [-0.05, 0) is 19.1 Å². The van der Waals surface area contributed by atoms with Gasteiger partial charge in [0.1, 0.15) is 22.9 Å². The zero-order valence-electron chi connectivity index (χ0n) is 10.9. The summed E-state index contributed by atoms with van der Waals surface area (Å²) in [5, 5.41) is 14.9. The summed E-state index contributed by atoms with van der Waals surface area (Å²) in [6.07, 6.45) is 0. The lowest BCUT2D eigenvalue weighted by Crippen LogP contribution is -2.21. The van der Waals surface area contributed by atoms with E-state index in [1.807, 2.05) is 0 Å². The number of anilines is 1. The Labute approximate surface area is 118 Å². The zero-order chi connectivity index (χ0) is 15.4. The molecule has 0 unspecified atom stereocenters. The Kier molecular flexibility index (Phi) is 4.17. The number of benzene rings is 1. The van der Waals surface area contributed by atoms with E-state index in [1.165, 1.54) is 6.07 Å². The minimum absolute atomic E-state index is 0.207. The normalized spacial score (nSPS) is 10.2.